The number of hydrogen-bond acceptors (Lipinski definition) is 3. The van der Waals surface area contributed by atoms with E-state index in [0.717, 1.165) is 6.54 Å². The van der Waals surface area contributed by atoms with Crippen LogP contribution in [0.1, 0.15) is 20.3 Å². The van der Waals surface area contributed by atoms with E-state index in [-0.39, 0.29) is 11.9 Å². The second-order valence-corrected chi connectivity index (χ2v) is 3.80. The van der Waals surface area contributed by atoms with Crippen molar-refractivity contribution in [2.75, 3.05) is 18.5 Å². The van der Waals surface area contributed by atoms with Crippen molar-refractivity contribution in [3.8, 4) is 0 Å². The molecule has 1 atom stereocenters. The molecule has 4 nitrogen and oxygen atoms in total. The van der Waals surface area contributed by atoms with Gasteiger partial charge in [0.2, 0.25) is 5.91 Å². The summed E-state index contributed by atoms with van der Waals surface area (Å²) in [5, 5.41) is 3.21. The van der Waals surface area contributed by atoms with Gasteiger partial charge in [0.05, 0.1) is 0 Å². The van der Waals surface area contributed by atoms with Crippen molar-refractivity contribution in [3.63, 3.8) is 0 Å². The van der Waals surface area contributed by atoms with Gasteiger partial charge in [-0.2, -0.15) is 0 Å². The Labute approximate surface area is 96.7 Å². The number of carbonyl (C=O) groups is 1. The average molecular weight is 221 g/mol. The molecular weight excluding hydrogens is 202 g/mol. The fourth-order valence-corrected chi connectivity index (χ4v) is 1.50. The summed E-state index contributed by atoms with van der Waals surface area (Å²) in [5.74, 6) is 0.767. The minimum atomic E-state index is 0.0761. The van der Waals surface area contributed by atoms with Crippen molar-refractivity contribution in [2.24, 2.45) is 0 Å². The second-order valence-electron chi connectivity index (χ2n) is 3.80. The number of anilines is 1. The van der Waals surface area contributed by atoms with Crippen LogP contribution in [-0.2, 0) is 4.79 Å². The molecule has 0 bridgehead atoms. The van der Waals surface area contributed by atoms with E-state index < -0.39 is 0 Å². The van der Waals surface area contributed by atoms with Crippen LogP contribution in [0.4, 0.5) is 5.82 Å². The summed E-state index contributed by atoms with van der Waals surface area (Å²) in [4.78, 5) is 17.6. The molecule has 0 spiro atoms. The summed E-state index contributed by atoms with van der Waals surface area (Å²) in [6.07, 6.45) is 2.17. The van der Waals surface area contributed by atoms with Crippen LogP contribution >= 0.6 is 0 Å². The summed E-state index contributed by atoms with van der Waals surface area (Å²) >= 11 is 0. The van der Waals surface area contributed by atoms with Crippen LogP contribution in [0.5, 0.6) is 0 Å². The lowest BCUT2D eigenvalue weighted by atomic mass is 10.2. The molecule has 1 heterocycles. The van der Waals surface area contributed by atoms with Crippen molar-refractivity contribution >= 4 is 11.7 Å². The molecule has 0 fully saturated rings. The summed E-state index contributed by atoms with van der Waals surface area (Å²) < 4.78 is 0. The van der Waals surface area contributed by atoms with E-state index in [1.54, 1.807) is 18.1 Å². The number of amides is 1. The third-order valence-electron chi connectivity index (χ3n) is 2.40. The maximum Gasteiger partial charge on any atom is 0.229 e. The highest BCUT2D eigenvalue weighted by molar-refractivity contribution is 5.92. The minimum absolute atomic E-state index is 0.0761. The van der Waals surface area contributed by atoms with Gasteiger partial charge in [0.15, 0.2) is 0 Å². The molecule has 1 aromatic heterocycles. The Balaban J connectivity index is 2.55. The molecule has 1 rings (SSSR count). The third-order valence-corrected chi connectivity index (χ3v) is 2.40. The zero-order valence-corrected chi connectivity index (χ0v) is 10.1. The quantitative estimate of drug-likeness (QED) is 0.818. The number of hydrogen-bond donors (Lipinski definition) is 1. The van der Waals surface area contributed by atoms with Crippen LogP contribution in [0.15, 0.2) is 24.4 Å². The fourth-order valence-electron chi connectivity index (χ4n) is 1.50. The van der Waals surface area contributed by atoms with Gasteiger partial charge in [0, 0.05) is 25.7 Å². The largest absolute Gasteiger partial charge is 0.314 e. The predicted molar refractivity (Wildman–Crippen MR) is 65.4 cm³/mol. The van der Waals surface area contributed by atoms with Gasteiger partial charge < -0.3 is 5.32 Å². The zero-order chi connectivity index (χ0) is 12.0. The van der Waals surface area contributed by atoms with Crippen LogP contribution < -0.4 is 10.2 Å². The second kappa shape index (κ2) is 6.23. The first-order valence-corrected chi connectivity index (χ1v) is 5.56. The molecule has 1 unspecified atom stereocenters. The molecule has 88 valence electrons. The van der Waals surface area contributed by atoms with Gasteiger partial charge in [-0.05, 0) is 25.6 Å². The van der Waals surface area contributed by atoms with E-state index in [9.17, 15) is 4.79 Å². The SMILES string of the molecule is CCNC(C)CC(=O)N(C)c1ccccn1. The summed E-state index contributed by atoms with van der Waals surface area (Å²) in [7, 11) is 1.75. The Hall–Kier alpha value is -1.42. The van der Waals surface area contributed by atoms with Gasteiger partial charge in [-0.25, -0.2) is 4.98 Å². The molecule has 1 aromatic rings. The van der Waals surface area contributed by atoms with Gasteiger partial charge in [0.1, 0.15) is 5.82 Å². The Morgan fingerprint density at radius 3 is 2.88 bits per heavy atom. The molecule has 0 aliphatic carbocycles. The van der Waals surface area contributed by atoms with E-state index in [1.807, 2.05) is 32.0 Å². The molecule has 0 saturated heterocycles. The molecule has 0 aromatic carbocycles. The first kappa shape index (κ1) is 12.6. The fraction of sp³-hybridized carbons (Fsp3) is 0.500. The van der Waals surface area contributed by atoms with Crippen LogP contribution in [0.25, 0.3) is 0 Å². The zero-order valence-electron chi connectivity index (χ0n) is 10.1. The van der Waals surface area contributed by atoms with Gasteiger partial charge in [-0.3, -0.25) is 9.69 Å². The van der Waals surface area contributed by atoms with Gasteiger partial charge in [-0.1, -0.05) is 13.0 Å². The maximum atomic E-state index is 11.9. The van der Waals surface area contributed by atoms with Crippen LogP contribution in [0.2, 0.25) is 0 Å². The van der Waals surface area contributed by atoms with Gasteiger partial charge >= 0.3 is 0 Å². The summed E-state index contributed by atoms with van der Waals surface area (Å²) in [6.45, 7) is 4.92. The smallest absolute Gasteiger partial charge is 0.229 e. The molecule has 1 N–H and O–H groups in total. The van der Waals surface area contributed by atoms with Crippen molar-refractivity contribution in [1.82, 2.24) is 10.3 Å². The number of pyridine rings is 1. The van der Waals surface area contributed by atoms with E-state index in [4.69, 9.17) is 0 Å². The predicted octanol–water partition coefficient (Wildman–Crippen LogP) is 1.43. The molecular formula is C12H19N3O. The van der Waals surface area contributed by atoms with Crippen LogP contribution in [0.3, 0.4) is 0 Å². The number of nitrogens with zero attached hydrogens (tertiary/aromatic N) is 2. The average Bonchev–Trinajstić information content (AvgIpc) is 2.29. The van der Waals surface area contributed by atoms with Crippen molar-refractivity contribution in [2.45, 2.75) is 26.3 Å². The van der Waals surface area contributed by atoms with Crippen LogP contribution in [-0.4, -0.2) is 30.5 Å². The number of nitrogens with one attached hydrogen (secondary N) is 1. The summed E-state index contributed by atoms with van der Waals surface area (Å²) in [6, 6.07) is 5.74. The third kappa shape index (κ3) is 3.62. The van der Waals surface area contributed by atoms with Gasteiger partial charge in [-0.15, -0.1) is 0 Å². The highest BCUT2D eigenvalue weighted by Gasteiger charge is 2.14. The summed E-state index contributed by atoms with van der Waals surface area (Å²) in [5.41, 5.74) is 0. The molecule has 0 aliphatic rings. The highest BCUT2D eigenvalue weighted by Crippen LogP contribution is 2.08. The molecule has 4 heteroatoms. The Kier molecular flexibility index (Phi) is 4.92. The van der Waals surface area contributed by atoms with E-state index in [2.05, 4.69) is 10.3 Å². The van der Waals surface area contributed by atoms with Crippen molar-refractivity contribution in [1.29, 1.82) is 0 Å². The topological polar surface area (TPSA) is 45.2 Å². The lowest BCUT2D eigenvalue weighted by Gasteiger charge is -2.19. The number of carbonyl (C=O) groups excluding carboxylic acids is 1. The molecule has 0 aliphatic heterocycles. The standard InChI is InChI=1S/C12H19N3O/c1-4-13-10(2)9-12(16)15(3)11-7-5-6-8-14-11/h5-8,10,13H,4,9H2,1-3H3. The first-order valence-electron chi connectivity index (χ1n) is 5.56. The van der Waals surface area contributed by atoms with E-state index >= 15 is 0 Å². The Morgan fingerprint density at radius 1 is 1.56 bits per heavy atom. The van der Waals surface area contributed by atoms with Crippen LogP contribution in [0, 0.1) is 0 Å². The van der Waals surface area contributed by atoms with E-state index in [0.29, 0.717) is 12.2 Å². The first-order chi connectivity index (χ1) is 7.65. The monoisotopic (exact) mass is 221 g/mol. The lowest BCUT2D eigenvalue weighted by Crippen LogP contribution is -2.35. The van der Waals surface area contributed by atoms with Crippen molar-refractivity contribution < 1.29 is 4.79 Å². The Bertz CT molecular complexity index is 326. The van der Waals surface area contributed by atoms with Gasteiger partial charge in [0.25, 0.3) is 0 Å². The number of aromatic nitrogens is 1. The highest BCUT2D eigenvalue weighted by atomic mass is 16.2. The van der Waals surface area contributed by atoms with E-state index in [1.165, 1.54) is 0 Å². The number of rotatable bonds is 5. The molecule has 0 saturated carbocycles. The Morgan fingerprint density at radius 2 is 2.31 bits per heavy atom. The normalized spacial score (nSPS) is 12.2. The maximum absolute atomic E-state index is 11.9. The molecule has 1 amide bonds. The molecule has 16 heavy (non-hydrogen) atoms. The molecule has 0 radical (unpaired) electrons. The van der Waals surface area contributed by atoms with Crippen molar-refractivity contribution in [3.05, 3.63) is 24.4 Å². The minimum Gasteiger partial charge on any atom is -0.314 e. The lowest BCUT2D eigenvalue weighted by molar-refractivity contribution is -0.118.